The molecular weight excluding hydrogens is 102 g/mol. The second-order valence-corrected chi connectivity index (χ2v) is 1.70. The van der Waals surface area contributed by atoms with Crippen LogP contribution in [0.4, 0.5) is 0 Å². The van der Waals surface area contributed by atoms with Gasteiger partial charge in [-0.3, -0.25) is 0 Å². The molecule has 0 atom stereocenters. The summed E-state index contributed by atoms with van der Waals surface area (Å²) in [6, 6.07) is 0. The number of hydrogen-bond donors (Lipinski definition) is 1. The van der Waals surface area contributed by atoms with E-state index in [4.69, 9.17) is 5.73 Å². The highest BCUT2D eigenvalue weighted by Gasteiger charge is 1.75. The molecule has 0 aromatic rings. The van der Waals surface area contributed by atoms with E-state index in [1.807, 2.05) is 14.1 Å². The second-order valence-electron chi connectivity index (χ2n) is 1.70. The summed E-state index contributed by atoms with van der Waals surface area (Å²) in [7, 11) is 3.74. The Balaban J connectivity index is 3.50. The summed E-state index contributed by atoms with van der Waals surface area (Å²) >= 11 is 0. The van der Waals surface area contributed by atoms with Gasteiger partial charge in [-0.1, -0.05) is 6.58 Å². The third-order valence-electron chi connectivity index (χ3n) is 0.454. The van der Waals surface area contributed by atoms with Crippen LogP contribution in [0.2, 0.25) is 0 Å². The number of nitrogens with zero attached hydrogens (tertiary/aromatic N) is 2. The van der Waals surface area contributed by atoms with Gasteiger partial charge in [0, 0.05) is 14.1 Å². The summed E-state index contributed by atoms with van der Waals surface area (Å²) in [6.45, 7) is 3.38. The fraction of sp³-hybridized carbons (Fsp3) is 0.400. The quantitative estimate of drug-likeness (QED) is 0.404. The molecule has 0 aliphatic heterocycles. The van der Waals surface area contributed by atoms with Gasteiger partial charge in [0.2, 0.25) is 0 Å². The maximum absolute atomic E-state index is 5.12. The largest absolute Gasteiger partial charge is 0.384 e. The lowest BCUT2D eigenvalue weighted by molar-refractivity contribution is 0.642. The van der Waals surface area contributed by atoms with E-state index in [-0.39, 0.29) is 0 Å². The van der Waals surface area contributed by atoms with Gasteiger partial charge in [0.1, 0.15) is 5.82 Å². The zero-order chi connectivity index (χ0) is 6.57. The standard InChI is InChI=1S/C5H11N3/c1-5(6)7-4-8(2)3/h4H,1,6H2,2-3H3. The monoisotopic (exact) mass is 113 g/mol. The van der Waals surface area contributed by atoms with Gasteiger partial charge in [-0.25, -0.2) is 4.99 Å². The van der Waals surface area contributed by atoms with Crippen LogP contribution in [0.1, 0.15) is 0 Å². The summed E-state index contributed by atoms with van der Waals surface area (Å²) in [5, 5.41) is 0. The van der Waals surface area contributed by atoms with Crippen LogP contribution in [-0.2, 0) is 0 Å². The molecule has 8 heavy (non-hydrogen) atoms. The number of nitrogens with two attached hydrogens (primary N) is 1. The Morgan fingerprint density at radius 3 is 2.38 bits per heavy atom. The lowest BCUT2D eigenvalue weighted by Crippen LogP contribution is -2.08. The molecule has 0 rings (SSSR count). The van der Waals surface area contributed by atoms with Crippen LogP contribution in [0.25, 0.3) is 0 Å². The van der Waals surface area contributed by atoms with E-state index in [9.17, 15) is 0 Å². The van der Waals surface area contributed by atoms with E-state index < -0.39 is 0 Å². The summed E-state index contributed by atoms with van der Waals surface area (Å²) in [5.41, 5.74) is 5.12. The molecular formula is C5H11N3. The lowest BCUT2D eigenvalue weighted by Gasteiger charge is -2.00. The number of aliphatic imine (C=N–C) groups is 1. The SMILES string of the molecule is C=C(N)N=CN(C)C. The summed E-state index contributed by atoms with van der Waals surface area (Å²) < 4.78 is 0. The number of rotatable bonds is 2. The van der Waals surface area contributed by atoms with Gasteiger partial charge in [-0.15, -0.1) is 0 Å². The molecule has 2 N–H and O–H groups in total. The van der Waals surface area contributed by atoms with E-state index in [2.05, 4.69) is 11.6 Å². The highest BCUT2D eigenvalue weighted by atomic mass is 15.1. The summed E-state index contributed by atoms with van der Waals surface area (Å²) in [5.74, 6) is 0.332. The molecule has 0 unspecified atom stereocenters. The molecule has 0 aromatic carbocycles. The normalized spacial score (nSPS) is 9.75. The highest BCUT2D eigenvalue weighted by molar-refractivity contribution is 5.55. The number of hydrogen-bond acceptors (Lipinski definition) is 2. The van der Waals surface area contributed by atoms with E-state index in [0.717, 1.165) is 0 Å². The predicted molar refractivity (Wildman–Crippen MR) is 35.5 cm³/mol. The Labute approximate surface area is 49.5 Å². The van der Waals surface area contributed by atoms with Crippen molar-refractivity contribution in [3.05, 3.63) is 12.4 Å². The molecule has 0 radical (unpaired) electrons. The van der Waals surface area contributed by atoms with Crippen LogP contribution in [-0.4, -0.2) is 25.3 Å². The first kappa shape index (κ1) is 7.01. The first-order valence-corrected chi connectivity index (χ1v) is 2.28. The molecule has 46 valence electrons. The van der Waals surface area contributed by atoms with E-state index in [0.29, 0.717) is 5.82 Å². The second kappa shape index (κ2) is 3.07. The van der Waals surface area contributed by atoms with Crippen LogP contribution in [0, 0.1) is 0 Å². The van der Waals surface area contributed by atoms with Crippen molar-refractivity contribution in [3.8, 4) is 0 Å². The van der Waals surface area contributed by atoms with Crippen LogP contribution in [0.15, 0.2) is 17.4 Å². The minimum Gasteiger partial charge on any atom is -0.384 e. The summed E-state index contributed by atoms with van der Waals surface area (Å²) in [4.78, 5) is 5.50. The van der Waals surface area contributed by atoms with E-state index in [1.165, 1.54) is 0 Å². The molecule has 0 amide bonds. The minimum atomic E-state index is 0.332. The van der Waals surface area contributed by atoms with Gasteiger partial charge in [0.25, 0.3) is 0 Å². The predicted octanol–water partition coefficient (Wildman–Crippen LogP) is 0.00620. The van der Waals surface area contributed by atoms with E-state index >= 15 is 0 Å². The Bertz CT molecular complexity index is 104. The molecule has 0 aliphatic rings. The third-order valence-corrected chi connectivity index (χ3v) is 0.454. The molecule has 3 heteroatoms. The van der Waals surface area contributed by atoms with Crippen molar-refractivity contribution in [2.45, 2.75) is 0 Å². The third kappa shape index (κ3) is 5.01. The van der Waals surface area contributed by atoms with Gasteiger partial charge in [0.05, 0.1) is 6.34 Å². The molecule has 0 aromatic heterocycles. The first-order valence-electron chi connectivity index (χ1n) is 2.28. The van der Waals surface area contributed by atoms with Crippen molar-refractivity contribution in [2.24, 2.45) is 10.7 Å². The van der Waals surface area contributed by atoms with Crippen molar-refractivity contribution < 1.29 is 0 Å². The van der Waals surface area contributed by atoms with Crippen molar-refractivity contribution in [3.63, 3.8) is 0 Å². The van der Waals surface area contributed by atoms with Crippen molar-refractivity contribution in [2.75, 3.05) is 14.1 Å². The molecule has 0 aliphatic carbocycles. The van der Waals surface area contributed by atoms with Crippen molar-refractivity contribution >= 4 is 6.34 Å². The van der Waals surface area contributed by atoms with Crippen LogP contribution < -0.4 is 5.73 Å². The van der Waals surface area contributed by atoms with Gasteiger partial charge in [-0.05, 0) is 0 Å². The topological polar surface area (TPSA) is 41.6 Å². The van der Waals surface area contributed by atoms with Gasteiger partial charge < -0.3 is 10.6 Å². The van der Waals surface area contributed by atoms with Crippen LogP contribution >= 0.6 is 0 Å². The molecule has 0 saturated heterocycles. The smallest absolute Gasteiger partial charge is 0.117 e. The Morgan fingerprint density at radius 2 is 2.25 bits per heavy atom. The fourth-order valence-corrected chi connectivity index (χ4v) is 0.190. The van der Waals surface area contributed by atoms with Crippen molar-refractivity contribution in [1.82, 2.24) is 4.90 Å². The zero-order valence-electron chi connectivity index (χ0n) is 5.26. The molecule has 0 bridgehead atoms. The molecule has 0 heterocycles. The fourth-order valence-electron chi connectivity index (χ4n) is 0.190. The maximum atomic E-state index is 5.12. The lowest BCUT2D eigenvalue weighted by atomic mass is 10.8. The molecule has 3 nitrogen and oxygen atoms in total. The summed E-state index contributed by atoms with van der Waals surface area (Å²) in [6.07, 6.45) is 1.60. The average molecular weight is 113 g/mol. The Kier molecular flexibility index (Phi) is 2.69. The first-order chi connectivity index (χ1) is 3.63. The minimum absolute atomic E-state index is 0.332. The highest BCUT2D eigenvalue weighted by Crippen LogP contribution is 1.75. The van der Waals surface area contributed by atoms with Crippen molar-refractivity contribution in [1.29, 1.82) is 0 Å². The zero-order valence-corrected chi connectivity index (χ0v) is 5.26. The van der Waals surface area contributed by atoms with E-state index in [1.54, 1.807) is 11.2 Å². The van der Waals surface area contributed by atoms with Gasteiger partial charge in [-0.2, -0.15) is 0 Å². The molecule has 0 saturated carbocycles. The van der Waals surface area contributed by atoms with Gasteiger partial charge in [0.15, 0.2) is 0 Å². The Morgan fingerprint density at radius 1 is 1.75 bits per heavy atom. The van der Waals surface area contributed by atoms with Crippen LogP contribution in [0.5, 0.6) is 0 Å². The average Bonchev–Trinajstić information content (AvgIpc) is 1.61. The Hall–Kier alpha value is -0.990. The van der Waals surface area contributed by atoms with Gasteiger partial charge >= 0.3 is 0 Å². The van der Waals surface area contributed by atoms with Crippen LogP contribution in [0.3, 0.4) is 0 Å². The molecule has 0 fully saturated rings. The maximum Gasteiger partial charge on any atom is 0.117 e. The molecule has 0 spiro atoms.